The number of carbonyl (C=O) groups is 1. The Morgan fingerprint density at radius 1 is 1.35 bits per heavy atom. The first-order chi connectivity index (χ1) is 7.94. The molecular weight excluding hydrogens is 212 g/mol. The van der Waals surface area contributed by atoms with Gasteiger partial charge in [-0.1, -0.05) is 17.7 Å². The molecular formula is C14H20N2O. The Hall–Kier alpha value is -1.35. The van der Waals surface area contributed by atoms with Crippen molar-refractivity contribution in [2.24, 2.45) is 5.73 Å². The second-order valence-electron chi connectivity index (χ2n) is 5.16. The van der Waals surface area contributed by atoms with Gasteiger partial charge in [-0.2, -0.15) is 0 Å². The Kier molecular flexibility index (Phi) is 2.96. The van der Waals surface area contributed by atoms with Crippen LogP contribution in [0, 0.1) is 13.8 Å². The highest BCUT2D eigenvalue weighted by Crippen LogP contribution is 2.32. The Bertz CT molecular complexity index is 450. The molecule has 3 nitrogen and oxygen atoms in total. The first-order valence-corrected chi connectivity index (χ1v) is 6.08. The van der Waals surface area contributed by atoms with E-state index in [-0.39, 0.29) is 5.91 Å². The SMILES string of the molecule is Cc1ccc(N(C)C(=O)C2(N)CCC2)c(C)c1. The van der Waals surface area contributed by atoms with Crippen LogP contribution < -0.4 is 10.6 Å². The molecule has 2 rings (SSSR count). The van der Waals surface area contributed by atoms with E-state index < -0.39 is 5.54 Å². The molecule has 0 saturated heterocycles. The maximum atomic E-state index is 12.3. The van der Waals surface area contributed by atoms with Crippen LogP contribution in [-0.2, 0) is 4.79 Å². The fourth-order valence-corrected chi connectivity index (χ4v) is 2.40. The number of hydrogen-bond donors (Lipinski definition) is 1. The van der Waals surface area contributed by atoms with Crippen molar-refractivity contribution in [3.63, 3.8) is 0 Å². The summed E-state index contributed by atoms with van der Waals surface area (Å²) in [5.74, 6) is 0.0377. The third-order valence-electron chi connectivity index (χ3n) is 3.69. The number of likely N-dealkylation sites (N-methyl/N-ethyl adjacent to an activating group) is 1. The average molecular weight is 232 g/mol. The van der Waals surface area contributed by atoms with Gasteiger partial charge in [-0.05, 0) is 44.7 Å². The summed E-state index contributed by atoms with van der Waals surface area (Å²) < 4.78 is 0. The molecule has 1 amide bonds. The van der Waals surface area contributed by atoms with Gasteiger partial charge in [0, 0.05) is 12.7 Å². The van der Waals surface area contributed by atoms with Crippen molar-refractivity contribution < 1.29 is 4.79 Å². The van der Waals surface area contributed by atoms with E-state index in [4.69, 9.17) is 5.73 Å². The number of aryl methyl sites for hydroxylation is 2. The van der Waals surface area contributed by atoms with Crippen molar-refractivity contribution in [1.29, 1.82) is 0 Å². The van der Waals surface area contributed by atoms with E-state index in [0.717, 1.165) is 30.5 Å². The largest absolute Gasteiger partial charge is 0.317 e. The van der Waals surface area contributed by atoms with Crippen molar-refractivity contribution >= 4 is 11.6 Å². The summed E-state index contributed by atoms with van der Waals surface area (Å²) in [5, 5.41) is 0. The van der Waals surface area contributed by atoms with Crippen LogP contribution in [0.2, 0.25) is 0 Å². The smallest absolute Gasteiger partial charge is 0.246 e. The topological polar surface area (TPSA) is 46.3 Å². The Balaban J connectivity index is 2.24. The average Bonchev–Trinajstić information content (AvgIpc) is 2.24. The minimum absolute atomic E-state index is 0.0377. The zero-order valence-corrected chi connectivity index (χ0v) is 10.8. The van der Waals surface area contributed by atoms with Gasteiger partial charge in [-0.15, -0.1) is 0 Å². The number of carbonyl (C=O) groups excluding carboxylic acids is 1. The quantitative estimate of drug-likeness (QED) is 0.849. The molecule has 0 bridgehead atoms. The van der Waals surface area contributed by atoms with Gasteiger partial charge in [0.2, 0.25) is 5.91 Å². The normalized spacial score (nSPS) is 17.4. The van der Waals surface area contributed by atoms with Crippen LogP contribution in [0.1, 0.15) is 30.4 Å². The molecule has 2 N–H and O–H groups in total. The number of nitrogens with zero attached hydrogens (tertiary/aromatic N) is 1. The molecule has 1 aromatic carbocycles. The minimum atomic E-state index is -0.619. The second kappa shape index (κ2) is 4.15. The summed E-state index contributed by atoms with van der Waals surface area (Å²) in [5.41, 5.74) is 8.73. The van der Waals surface area contributed by atoms with Crippen LogP contribution in [0.3, 0.4) is 0 Å². The summed E-state index contributed by atoms with van der Waals surface area (Å²) in [7, 11) is 1.81. The van der Waals surface area contributed by atoms with Crippen LogP contribution in [0.25, 0.3) is 0 Å². The van der Waals surface area contributed by atoms with E-state index in [9.17, 15) is 4.79 Å². The maximum Gasteiger partial charge on any atom is 0.246 e. The standard InChI is InChI=1S/C14H20N2O/c1-10-5-6-12(11(2)9-10)16(3)13(17)14(15)7-4-8-14/h5-6,9H,4,7-8,15H2,1-3H3. The van der Waals surface area contributed by atoms with Crippen molar-refractivity contribution in [1.82, 2.24) is 0 Å². The Morgan fingerprint density at radius 2 is 2.00 bits per heavy atom. The molecule has 0 radical (unpaired) electrons. The predicted octanol–water partition coefficient (Wildman–Crippen LogP) is 2.15. The molecule has 1 saturated carbocycles. The summed E-state index contributed by atoms with van der Waals surface area (Å²) in [6, 6.07) is 6.10. The van der Waals surface area contributed by atoms with Gasteiger partial charge in [0.05, 0.1) is 5.54 Å². The van der Waals surface area contributed by atoms with Gasteiger partial charge in [0.25, 0.3) is 0 Å². The lowest BCUT2D eigenvalue weighted by Gasteiger charge is -2.39. The van der Waals surface area contributed by atoms with Gasteiger partial charge >= 0.3 is 0 Å². The zero-order valence-electron chi connectivity index (χ0n) is 10.8. The fourth-order valence-electron chi connectivity index (χ4n) is 2.40. The molecule has 0 unspecified atom stereocenters. The lowest BCUT2D eigenvalue weighted by Crippen LogP contribution is -2.59. The number of benzene rings is 1. The van der Waals surface area contributed by atoms with Gasteiger partial charge in [0.15, 0.2) is 0 Å². The molecule has 1 aliphatic carbocycles. The van der Waals surface area contributed by atoms with E-state index in [1.165, 1.54) is 5.56 Å². The zero-order chi connectivity index (χ0) is 12.6. The van der Waals surface area contributed by atoms with E-state index in [1.54, 1.807) is 4.90 Å². The molecule has 1 fully saturated rings. The Labute approximate surface area is 103 Å². The lowest BCUT2D eigenvalue weighted by molar-refractivity contribution is -0.126. The first-order valence-electron chi connectivity index (χ1n) is 6.08. The van der Waals surface area contributed by atoms with Gasteiger partial charge in [-0.3, -0.25) is 4.79 Å². The van der Waals surface area contributed by atoms with Crippen LogP contribution in [0.4, 0.5) is 5.69 Å². The lowest BCUT2D eigenvalue weighted by atomic mass is 9.76. The van der Waals surface area contributed by atoms with Crippen LogP contribution in [0.5, 0.6) is 0 Å². The molecule has 0 aromatic heterocycles. The highest BCUT2D eigenvalue weighted by atomic mass is 16.2. The molecule has 1 aliphatic rings. The monoisotopic (exact) mass is 232 g/mol. The predicted molar refractivity (Wildman–Crippen MR) is 70.1 cm³/mol. The van der Waals surface area contributed by atoms with Crippen molar-refractivity contribution in [2.75, 3.05) is 11.9 Å². The maximum absolute atomic E-state index is 12.3. The Morgan fingerprint density at radius 3 is 2.47 bits per heavy atom. The van der Waals surface area contributed by atoms with Crippen LogP contribution in [0.15, 0.2) is 18.2 Å². The molecule has 1 aromatic rings. The molecule has 0 spiro atoms. The third kappa shape index (κ3) is 2.07. The van der Waals surface area contributed by atoms with E-state index >= 15 is 0 Å². The minimum Gasteiger partial charge on any atom is -0.317 e. The second-order valence-corrected chi connectivity index (χ2v) is 5.16. The first kappa shape index (κ1) is 12.1. The van der Waals surface area contributed by atoms with E-state index in [1.807, 2.05) is 26.1 Å². The molecule has 3 heteroatoms. The summed E-state index contributed by atoms with van der Waals surface area (Å²) >= 11 is 0. The van der Waals surface area contributed by atoms with Crippen molar-refractivity contribution in [3.05, 3.63) is 29.3 Å². The van der Waals surface area contributed by atoms with Crippen molar-refractivity contribution in [2.45, 2.75) is 38.6 Å². The highest BCUT2D eigenvalue weighted by molar-refractivity contribution is 6.00. The number of nitrogens with two attached hydrogens (primary N) is 1. The molecule has 0 heterocycles. The molecule has 17 heavy (non-hydrogen) atoms. The fraction of sp³-hybridized carbons (Fsp3) is 0.500. The number of rotatable bonds is 2. The summed E-state index contributed by atoms with van der Waals surface area (Å²) in [6.07, 6.45) is 2.67. The number of hydrogen-bond acceptors (Lipinski definition) is 2. The van der Waals surface area contributed by atoms with Crippen molar-refractivity contribution in [3.8, 4) is 0 Å². The van der Waals surface area contributed by atoms with Gasteiger partial charge in [-0.25, -0.2) is 0 Å². The number of anilines is 1. The molecule has 92 valence electrons. The summed E-state index contributed by atoms with van der Waals surface area (Å²) in [6.45, 7) is 4.07. The molecule has 0 aliphatic heterocycles. The van der Waals surface area contributed by atoms with E-state index in [2.05, 4.69) is 13.0 Å². The highest BCUT2D eigenvalue weighted by Gasteiger charge is 2.42. The third-order valence-corrected chi connectivity index (χ3v) is 3.69. The van der Waals surface area contributed by atoms with Gasteiger partial charge in [0.1, 0.15) is 0 Å². The molecule has 0 atom stereocenters. The van der Waals surface area contributed by atoms with Crippen LogP contribution >= 0.6 is 0 Å². The van der Waals surface area contributed by atoms with Crippen LogP contribution in [-0.4, -0.2) is 18.5 Å². The number of amides is 1. The van der Waals surface area contributed by atoms with Gasteiger partial charge < -0.3 is 10.6 Å². The summed E-state index contributed by atoms with van der Waals surface area (Å²) in [4.78, 5) is 14.0. The van der Waals surface area contributed by atoms with E-state index in [0.29, 0.717) is 0 Å².